The molecule has 0 saturated carbocycles. The van der Waals surface area contributed by atoms with Crippen LogP contribution in [0.15, 0.2) is 24.3 Å². The van der Waals surface area contributed by atoms with Crippen LogP contribution in [0.3, 0.4) is 0 Å². The van der Waals surface area contributed by atoms with Gasteiger partial charge >= 0.3 is 0 Å². The molecule has 1 aromatic rings. The molecule has 2 fully saturated rings. The molecule has 1 aromatic carbocycles. The lowest BCUT2D eigenvalue weighted by atomic mass is 10.1. The third-order valence-corrected chi connectivity index (χ3v) is 16.2. The first-order chi connectivity index (χ1) is 13.7. The van der Waals surface area contributed by atoms with Gasteiger partial charge in [0.15, 0.2) is 0 Å². The van der Waals surface area contributed by atoms with Crippen LogP contribution < -0.4 is 0 Å². The summed E-state index contributed by atoms with van der Waals surface area (Å²) in [6.45, 7) is 2.28. The Morgan fingerprint density at radius 2 is 1.86 bits per heavy atom. The lowest BCUT2D eigenvalue weighted by Gasteiger charge is -2.22. The summed E-state index contributed by atoms with van der Waals surface area (Å²) in [6, 6.07) is 9.50. The largest absolute Gasteiger partial charge is 0.178 e. The molecule has 3 rings (SSSR count). The summed E-state index contributed by atoms with van der Waals surface area (Å²) in [5.41, 5.74) is 2.96. The Hall–Kier alpha value is 2.37. The maximum atomic E-state index is 4.51. The van der Waals surface area contributed by atoms with Crippen LogP contribution in [0.25, 0.3) is 0 Å². The van der Waals surface area contributed by atoms with E-state index in [1.54, 1.807) is 10.8 Å². The minimum Gasteiger partial charge on any atom is -0.178 e. The molecule has 0 spiro atoms. The quantitative estimate of drug-likeness (QED) is 0.215. The summed E-state index contributed by atoms with van der Waals surface area (Å²) in [5, 5.41) is 2.10. The normalized spacial score (nSPS) is 28.7. The van der Waals surface area contributed by atoms with Crippen LogP contribution in [0.5, 0.6) is 0 Å². The first-order valence-electron chi connectivity index (χ1n) is 9.43. The van der Waals surface area contributed by atoms with Crippen molar-refractivity contribution in [3.05, 3.63) is 35.4 Å². The molecule has 2 aliphatic heterocycles. The van der Waals surface area contributed by atoms with Gasteiger partial charge in [-0.05, 0) is 16.9 Å². The zero-order valence-electron chi connectivity index (χ0n) is 15.9. The van der Waals surface area contributed by atoms with Crippen molar-refractivity contribution in [1.82, 2.24) is 0 Å². The van der Waals surface area contributed by atoms with E-state index in [1.807, 2.05) is 0 Å². The molecule has 28 heavy (non-hydrogen) atoms. The molecule has 5 unspecified atom stereocenters. The van der Waals surface area contributed by atoms with Gasteiger partial charge in [0.2, 0.25) is 0 Å². The number of thiol groups is 2. The molecule has 0 aromatic heterocycles. The zero-order valence-corrected chi connectivity index (χ0v) is 23.4. The summed E-state index contributed by atoms with van der Waals surface area (Å²) >= 11 is 21.6. The van der Waals surface area contributed by atoms with Gasteiger partial charge in [0.25, 0.3) is 0 Å². The van der Waals surface area contributed by atoms with Crippen LogP contribution in [0.1, 0.15) is 23.3 Å². The highest BCUT2D eigenvalue weighted by Crippen LogP contribution is 2.50. The fourth-order valence-corrected chi connectivity index (χ4v) is 15.0. The van der Waals surface area contributed by atoms with Crippen LogP contribution in [0.2, 0.25) is 0 Å². The van der Waals surface area contributed by atoms with Gasteiger partial charge in [0, 0.05) is 45.0 Å². The van der Waals surface area contributed by atoms with E-state index in [1.165, 1.54) is 39.9 Å². The molecular formula is C19H28S9. The zero-order chi connectivity index (χ0) is 19.8. The molecule has 0 aliphatic carbocycles. The number of benzene rings is 1. The fourth-order valence-electron chi connectivity index (χ4n) is 3.08. The molecule has 9 heteroatoms. The third kappa shape index (κ3) is 7.75. The monoisotopic (exact) mass is 544 g/mol. The van der Waals surface area contributed by atoms with E-state index in [0.717, 1.165) is 21.3 Å². The van der Waals surface area contributed by atoms with E-state index in [4.69, 9.17) is 0 Å². The molecule has 0 radical (unpaired) electrons. The van der Waals surface area contributed by atoms with Crippen LogP contribution in [-0.4, -0.2) is 54.2 Å². The molecular weight excluding hydrogens is 517 g/mol. The Kier molecular flexibility index (Phi) is 12.3. The Bertz CT molecular complexity index is 567. The van der Waals surface area contributed by atoms with E-state index in [0.29, 0.717) is 15.1 Å². The van der Waals surface area contributed by atoms with Crippen molar-refractivity contribution in [2.45, 2.75) is 37.6 Å². The molecule has 2 aliphatic rings. The van der Waals surface area contributed by atoms with Crippen molar-refractivity contribution in [1.29, 1.82) is 0 Å². The molecule has 0 amide bonds. The van der Waals surface area contributed by atoms with Gasteiger partial charge in [0.1, 0.15) is 0 Å². The van der Waals surface area contributed by atoms with Crippen molar-refractivity contribution in [3.63, 3.8) is 0 Å². The average Bonchev–Trinajstić information content (AvgIpc) is 3.37. The molecule has 0 nitrogen and oxygen atoms in total. The maximum absolute atomic E-state index is 4.51. The number of thioether (sulfide) groups is 6. The van der Waals surface area contributed by atoms with Gasteiger partial charge < -0.3 is 0 Å². The van der Waals surface area contributed by atoms with Crippen molar-refractivity contribution in [3.8, 4) is 0 Å². The second kappa shape index (κ2) is 13.8. The van der Waals surface area contributed by atoms with Crippen LogP contribution >= 0.6 is 106 Å². The van der Waals surface area contributed by atoms with Crippen LogP contribution in [0, 0.1) is 0 Å². The summed E-state index contributed by atoms with van der Waals surface area (Å²) in [6.07, 6.45) is 0. The predicted octanol–water partition coefficient (Wildman–Crippen LogP) is 7.57. The Morgan fingerprint density at radius 3 is 2.54 bits per heavy atom. The highest BCUT2D eigenvalue weighted by Gasteiger charge is 2.32. The van der Waals surface area contributed by atoms with Gasteiger partial charge in [-0.2, -0.15) is 36.2 Å². The molecule has 158 valence electrons. The second-order valence-electron chi connectivity index (χ2n) is 6.59. The lowest BCUT2D eigenvalue weighted by Crippen LogP contribution is -2.08. The van der Waals surface area contributed by atoms with E-state index in [-0.39, 0.29) is 0 Å². The van der Waals surface area contributed by atoms with Gasteiger partial charge in [-0.15, -0.1) is 58.7 Å². The Labute approximate surface area is 211 Å². The molecule has 5 atom stereocenters. The van der Waals surface area contributed by atoms with Gasteiger partial charge in [-0.1, -0.05) is 42.0 Å². The standard InChI is InChI=1S/C19H28S9/c1-2-23-18(19-25-9-15(7-20)28-19)14-5-3-13(4-6-14)8-22-12-17-24-10-16(27-17)11-26-21/h3-6,15-21H,2,7-12H2,1H3. The average molecular weight is 545 g/mol. The Balaban J connectivity index is 1.47. The number of rotatable bonds is 11. The number of hydrogen-bond acceptors (Lipinski definition) is 9. The molecule has 2 saturated heterocycles. The van der Waals surface area contributed by atoms with E-state index in [2.05, 4.69) is 126 Å². The van der Waals surface area contributed by atoms with Gasteiger partial charge in [0.05, 0.1) is 14.4 Å². The highest BCUT2D eigenvalue weighted by molar-refractivity contribution is 8.68. The first kappa shape index (κ1) is 25.0. The minimum atomic E-state index is 0.597. The minimum absolute atomic E-state index is 0.597. The molecule has 0 bridgehead atoms. The molecule has 2 heterocycles. The maximum Gasteiger partial charge on any atom is 0.0665 e. The SMILES string of the molecule is CCSC(c1ccc(CSCC2SCC(CSS)S2)cc1)C1SCC(CS)S1. The van der Waals surface area contributed by atoms with Crippen molar-refractivity contribution in [2.24, 2.45) is 0 Å². The van der Waals surface area contributed by atoms with Crippen LogP contribution in [-0.2, 0) is 5.75 Å². The summed E-state index contributed by atoms with van der Waals surface area (Å²) in [4.78, 5) is 0. The Morgan fingerprint density at radius 1 is 1.07 bits per heavy atom. The van der Waals surface area contributed by atoms with Gasteiger partial charge in [-0.3, -0.25) is 0 Å². The summed E-state index contributed by atoms with van der Waals surface area (Å²) < 4.78 is 1.43. The fraction of sp³-hybridized carbons (Fsp3) is 0.684. The van der Waals surface area contributed by atoms with E-state index >= 15 is 0 Å². The third-order valence-electron chi connectivity index (χ3n) is 4.47. The predicted molar refractivity (Wildman–Crippen MR) is 154 cm³/mol. The first-order valence-corrected chi connectivity index (χ1v) is 18.3. The smallest absolute Gasteiger partial charge is 0.0665 e. The number of hydrogen-bond donors (Lipinski definition) is 2. The van der Waals surface area contributed by atoms with Crippen molar-refractivity contribution in [2.75, 3.05) is 34.5 Å². The lowest BCUT2D eigenvalue weighted by molar-refractivity contribution is 1.07. The van der Waals surface area contributed by atoms with Gasteiger partial charge in [-0.25, -0.2) is 0 Å². The topological polar surface area (TPSA) is 0 Å². The second-order valence-corrected chi connectivity index (χ2v) is 16.7. The molecule has 0 N–H and O–H groups in total. The van der Waals surface area contributed by atoms with Crippen molar-refractivity contribution < 1.29 is 0 Å². The summed E-state index contributed by atoms with van der Waals surface area (Å²) in [5.74, 6) is 8.27. The van der Waals surface area contributed by atoms with Crippen LogP contribution in [0.4, 0.5) is 0 Å². The summed E-state index contributed by atoms with van der Waals surface area (Å²) in [7, 11) is 1.68. The van der Waals surface area contributed by atoms with E-state index in [9.17, 15) is 0 Å². The van der Waals surface area contributed by atoms with Crippen molar-refractivity contribution >= 4 is 106 Å². The van der Waals surface area contributed by atoms with E-state index < -0.39 is 0 Å². The highest BCUT2D eigenvalue weighted by atomic mass is 33.1.